The van der Waals surface area contributed by atoms with Crippen molar-refractivity contribution in [1.29, 1.82) is 0 Å². The summed E-state index contributed by atoms with van der Waals surface area (Å²) in [6.07, 6.45) is 2.09. The molecule has 0 N–H and O–H groups in total. The van der Waals surface area contributed by atoms with Crippen molar-refractivity contribution in [3.05, 3.63) is 58.9 Å². The molecule has 2 aliphatic rings. The molecule has 1 aliphatic carbocycles. The Morgan fingerprint density at radius 2 is 1.90 bits per heavy atom. The minimum absolute atomic E-state index is 0.185. The fourth-order valence-electron chi connectivity index (χ4n) is 4.02. The molecule has 0 bridgehead atoms. The van der Waals surface area contributed by atoms with Gasteiger partial charge in [-0.15, -0.1) is 0 Å². The van der Waals surface area contributed by atoms with Crippen LogP contribution in [0.5, 0.6) is 5.75 Å². The van der Waals surface area contributed by atoms with Crippen LogP contribution in [0.4, 0.5) is 4.79 Å². The van der Waals surface area contributed by atoms with E-state index in [0.717, 1.165) is 16.8 Å². The molecule has 3 amide bonds. The Bertz CT molecular complexity index is 1000. The van der Waals surface area contributed by atoms with Crippen LogP contribution in [0.1, 0.15) is 27.2 Å². The highest BCUT2D eigenvalue weighted by molar-refractivity contribution is 6.07. The van der Waals surface area contributed by atoms with Crippen molar-refractivity contribution in [1.82, 2.24) is 14.8 Å². The number of urea groups is 1. The Hall–Kier alpha value is -3.42. The number of hydrogen-bond donors (Lipinski definition) is 0. The van der Waals surface area contributed by atoms with Crippen molar-refractivity contribution >= 4 is 17.9 Å². The maximum absolute atomic E-state index is 13.3. The van der Waals surface area contributed by atoms with E-state index in [0.29, 0.717) is 24.2 Å². The zero-order chi connectivity index (χ0) is 20.8. The van der Waals surface area contributed by atoms with Crippen LogP contribution in [-0.4, -0.2) is 59.5 Å². The molecule has 1 fully saturated rings. The average molecular weight is 395 g/mol. The number of pyridine rings is 1. The number of aromatic nitrogens is 1. The molecular weight excluding hydrogens is 374 g/mol. The molecule has 0 unspecified atom stereocenters. The number of likely N-dealkylation sites (N-methyl/N-ethyl adjacent to an activating group) is 1. The SMILES string of the molecule is COC(=O)c1cnc2c(c1)C[C@@]1(C2)C(=O)N(Cc2ccc(OC)cc2)C(=O)N1C. The van der Waals surface area contributed by atoms with Crippen LogP contribution in [0.25, 0.3) is 0 Å². The summed E-state index contributed by atoms with van der Waals surface area (Å²) in [6, 6.07) is 8.61. The van der Waals surface area contributed by atoms with E-state index in [4.69, 9.17) is 9.47 Å². The topological polar surface area (TPSA) is 89.0 Å². The monoisotopic (exact) mass is 395 g/mol. The number of benzene rings is 1. The summed E-state index contributed by atoms with van der Waals surface area (Å²) >= 11 is 0. The molecule has 1 aromatic carbocycles. The lowest BCUT2D eigenvalue weighted by Crippen LogP contribution is -2.48. The zero-order valence-corrected chi connectivity index (χ0v) is 16.5. The van der Waals surface area contributed by atoms with E-state index < -0.39 is 11.5 Å². The maximum atomic E-state index is 13.3. The molecule has 1 aromatic heterocycles. The number of rotatable bonds is 4. The van der Waals surface area contributed by atoms with E-state index in [1.807, 2.05) is 12.1 Å². The zero-order valence-electron chi connectivity index (χ0n) is 16.5. The van der Waals surface area contributed by atoms with Gasteiger partial charge in [0.05, 0.1) is 26.3 Å². The smallest absolute Gasteiger partial charge is 0.339 e. The van der Waals surface area contributed by atoms with Gasteiger partial charge in [0.25, 0.3) is 5.91 Å². The Morgan fingerprint density at radius 3 is 2.55 bits per heavy atom. The van der Waals surface area contributed by atoms with Gasteiger partial charge in [-0.3, -0.25) is 14.7 Å². The van der Waals surface area contributed by atoms with Crippen molar-refractivity contribution < 1.29 is 23.9 Å². The molecule has 0 saturated carbocycles. The summed E-state index contributed by atoms with van der Waals surface area (Å²) in [5, 5.41) is 0. The third kappa shape index (κ3) is 2.91. The van der Waals surface area contributed by atoms with Crippen LogP contribution in [0, 0.1) is 0 Å². The predicted molar refractivity (Wildman–Crippen MR) is 102 cm³/mol. The molecule has 4 rings (SSSR count). The van der Waals surface area contributed by atoms with Crippen molar-refractivity contribution in [2.45, 2.75) is 24.9 Å². The Morgan fingerprint density at radius 1 is 1.17 bits per heavy atom. The highest BCUT2D eigenvalue weighted by atomic mass is 16.5. The second-order valence-corrected chi connectivity index (χ2v) is 7.29. The van der Waals surface area contributed by atoms with Crippen molar-refractivity contribution in [2.24, 2.45) is 0 Å². The number of nitrogens with zero attached hydrogens (tertiary/aromatic N) is 3. The number of carbonyl (C=O) groups excluding carboxylic acids is 3. The standard InChI is InChI=1S/C21H21N3O5/c1-23-20(27)24(12-13-4-6-16(28-2)7-5-13)19(26)21(23)9-14-8-15(18(25)29-3)11-22-17(14)10-21/h4-8,11H,9-10,12H2,1-3H3/t21-/m1/s1. The van der Waals surface area contributed by atoms with Gasteiger partial charge in [0.1, 0.15) is 11.3 Å². The van der Waals surface area contributed by atoms with Crippen LogP contribution in [0.15, 0.2) is 36.5 Å². The quantitative estimate of drug-likeness (QED) is 0.579. The predicted octanol–water partition coefficient (Wildman–Crippen LogP) is 1.81. The van der Waals surface area contributed by atoms with E-state index in [1.165, 1.54) is 23.1 Å². The van der Waals surface area contributed by atoms with Gasteiger partial charge in [-0.25, -0.2) is 9.59 Å². The van der Waals surface area contributed by atoms with Crippen molar-refractivity contribution in [2.75, 3.05) is 21.3 Å². The molecular formula is C21H21N3O5. The first-order chi connectivity index (χ1) is 13.9. The Kier molecular flexibility index (Phi) is 4.49. The minimum Gasteiger partial charge on any atom is -0.497 e. The molecule has 0 radical (unpaired) electrons. The second kappa shape index (κ2) is 6.88. The van der Waals surface area contributed by atoms with Gasteiger partial charge < -0.3 is 14.4 Å². The van der Waals surface area contributed by atoms with Gasteiger partial charge in [0.2, 0.25) is 0 Å². The van der Waals surface area contributed by atoms with Gasteiger partial charge in [-0.2, -0.15) is 0 Å². The fourth-order valence-corrected chi connectivity index (χ4v) is 4.02. The Labute approximate surface area is 168 Å². The summed E-state index contributed by atoms with van der Waals surface area (Å²) in [7, 11) is 4.53. The van der Waals surface area contributed by atoms with E-state index >= 15 is 0 Å². The summed E-state index contributed by atoms with van der Waals surface area (Å²) < 4.78 is 9.89. The normalized spacial score (nSPS) is 20.4. The number of esters is 1. The molecule has 1 spiro atoms. The maximum Gasteiger partial charge on any atom is 0.339 e. The summed E-state index contributed by atoms with van der Waals surface area (Å²) in [6.45, 7) is 0.185. The number of carbonyl (C=O) groups is 3. The number of imide groups is 1. The summed E-state index contributed by atoms with van der Waals surface area (Å²) in [5.74, 6) is -0.0249. The van der Waals surface area contributed by atoms with Crippen LogP contribution in [0.2, 0.25) is 0 Å². The largest absolute Gasteiger partial charge is 0.497 e. The third-order valence-electron chi connectivity index (χ3n) is 5.73. The number of amides is 3. The van der Waals surface area contributed by atoms with Crippen LogP contribution < -0.4 is 4.74 Å². The van der Waals surface area contributed by atoms with Gasteiger partial charge in [0, 0.05) is 31.8 Å². The van der Waals surface area contributed by atoms with E-state index in [1.54, 1.807) is 32.4 Å². The molecule has 1 aliphatic heterocycles. The minimum atomic E-state index is -1.01. The molecule has 1 saturated heterocycles. The molecule has 8 nitrogen and oxygen atoms in total. The molecule has 2 aromatic rings. The first-order valence-electron chi connectivity index (χ1n) is 9.18. The average Bonchev–Trinajstić information content (AvgIpc) is 3.21. The van der Waals surface area contributed by atoms with Crippen LogP contribution in [0.3, 0.4) is 0 Å². The van der Waals surface area contributed by atoms with E-state index in [9.17, 15) is 14.4 Å². The van der Waals surface area contributed by atoms with Crippen LogP contribution in [-0.2, 0) is 28.9 Å². The molecule has 2 heterocycles. The van der Waals surface area contributed by atoms with Gasteiger partial charge in [-0.1, -0.05) is 12.1 Å². The van der Waals surface area contributed by atoms with Gasteiger partial charge >= 0.3 is 12.0 Å². The lowest BCUT2D eigenvalue weighted by Gasteiger charge is -2.27. The number of ether oxygens (including phenoxy) is 2. The van der Waals surface area contributed by atoms with E-state index in [-0.39, 0.29) is 18.5 Å². The highest BCUT2D eigenvalue weighted by Gasteiger charge is 2.58. The Balaban J connectivity index is 1.60. The first kappa shape index (κ1) is 18.9. The second-order valence-electron chi connectivity index (χ2n) is 7.29. The number of fused-ring (bicyclic) bond motifs is 1. The molecule has 29 heavy (non-hydrogen) atoms. The lowest BCUT2D eigenvalue weighted by atomic mass is 9.94. The van der Waals surface area contributed by atoms with Crippen molar-refractivity contribution in [3.8, 4) is 5.75 Å². The lowest BCUT2D eigenvalue weighted by molar-refractivity contribution is -0.133. The van der Waals surface area contributed by atoms with Crippen molar-refractivity contribution in [3.63, 3.8) is 0 Å². The third-order valence-corrected chi connectivity index (χ3v) is 5.73. The fraction of sp³-hybridized carbons (Fsp3) is 0.333. The van der Waals surface area contributed by atoms with Gasteiger partial charge in [-0.05, 0) is 29.3 Å². The highest BCUT2D eigenvalue weighted by Crippen LogP contribution is 2.40. The summed E-state index contributed by atoms with van der Waals surface area (Å²) in [4.78, 5) is 45.1. The summed E-state index contributed by atoms with van der Waals surface area (Å²) in [5.41, 5.74) is 1.66. The van der Waals surface area contributed by atoms with Gasteiger partial charge in [0.15, 0.2) is 0 Å². The van der Waals surface area contributed by atoms with E-state index in [2.05, 4.69) is 4.98 Å². The number of methoxy groups -OCH3 is 2. The van der Waals surface area contributed by atoms with Crippen LogP contribution >= 0.6 is 0 Å². The molecule has 8 heteroatoms. The molecule has 150 valence electrons. The number of hydrogen-bond acceptors (Lipinski definition) is 6. The molecule has 1 atom stereocenters. The first-order valence-corrected chi connectivity index (χ1v) is 9.18.